The number of nitrogens with zero attached hydrogens (tertiary/aromatic N) is 6. The summed E-state index contributed by atoms with van der Waals surface area (Å²) in [6.07, 6.45) is 3.16. The molecule has 3 aromatic rings. The van der Waals surface area contributed by atoms with E-state index < -0.39 is 11.8 Å². The predicted molar refractivity (Wildman–Crippen MR) is 134 cm³/mol. The van der Waals surface area contributed by atoms with Crippen molar-refractivity contribution in [2.45, 2.75) is 57.5 Å². The van der Waals surface area contributed by atoms with Crippen LogP contribution < -0.4 is 4.90 Å². The molecule has 2 saturated carbocycles. The van der Waals surface area contributed by atoms with Crippen LogP contribution in [0.15, 0.2) is 30.3 Å². The van der Waals surface area contributed by atoms with Gasteiger partial charge in [0.15, 0.2) is 5.82 Å². The minimum atomic E-state index is -2.70. The number of pyridine rings is 1. The van der Waals surface area contributed by atoms with E-state index in [9.17, 15) is 13.2 Å². The molecule has 37 heavy (non-hydrogen) atoms. The van der Waals surface area contributed by atoms with Crippen LogP contribution in [-0.4, -0.2) is 50.2 Å². The first kappa shape index (κ1) is 23.5. The first-order valence-corrected chi connectivity index (χ1v) is 13.3. The lowest BCUT2D eigenvalue weighted by atomic mass is 9.57. The standard InChI is InChI=1S/C27H28ClF3N6/c1-16-21(29)5-7-23(32-16)36-13-26(14-36)9-18(10-26)25-34-33-24-12-35(15-27(30,31)19-2-3-19)11-17-8-20(28)4-6-22(17)37(24)25/h4-8,18-19H,2-3,9-15H2,1H3. The topological polar surface area (TPSA) is 50.1 Å². The third-order valence-corrected chi connectivity index (χ3v) is 8.75. The van der Waals surface area contributed by atoms with Crippen molar-refractivity contribution in [3.63, 3.8) is 0 Å². The molecule has 0 N–H and O–H groups in total. The molecule has 1 aromatic carbocycles. The van der Waals surface area contributed by atoms with E-state index in [1.807, 2.05) is 18.2 Å². The number of aryl methyl sites for hydroxylation is 1. The number of hydrogen-bond acceptors (Lipinski definition) is 5. The summed E-state index contributed by atoms with van der Waals surface area (Å²) in [7, 11) is 0. The zero-order valence-corrected chi connectivity index (χ0v) is 21.4. The molecule has 1 spiro atoms. The Labute approximate surface area is 218 Å². The average Bonchev–Trinajstić information content (AvgIpc) is 3.59. The van der Waals surface area contributed by atoms with Crippen molar-refractivity contribution in [1.82, 2.24) is 24.6 Å². The second-order valence-corrected chi connectivity index (χ2v) is 11.9. The van der Waals surface area contributed by atoms with Gasteiger partial charge in [0.25, 0.3) is 5.92 Å². The van der Waals surface area contributed by atoms with E-state index in [2.05, 4.69) is 24.6 Å². The molecule has 3 fully saturated rings. The van der Waals surface area contributed by atoms with E-state index in [4.69, 9.17) is 11.6 Å². The molecular formula is C27H28ClF3N6. The molecule has 2 aliphatic heterocycles. The number of aromatic nitrogens is 4. The molecule has 2 aromatic heterocycles. The monoisotopic (exact) mass is 528 g/mol. The van der Waals surface area contributed by atoms with Gasteiger partial charge in [0.05, 0.1) is 24.5 Å². The van der Waals surface area contributed by atoms with Crippen LogP contribution in [0.1, 0.15) is 54.5 Å². The van der Waals surface area contributed by atoms with Crippen molar-refractivity contribution in [2.75, 3.05) is 24.5 Å². The molecule has 0 amide bonds. The molecule has 1 saturated heterocycles. The van der Waals surface area contributed by atoms with E-state index in [-0.39, 0.29) is 23.7 Å². The second kappa shape index (κ2) is 8.17. The minimum Gasteiger partial charge on any atom is -0.355 e. The molecule has 7 rings (SSSR count). The molecule has 10 heteroatoms. The number of hydrogen-bond donors (Lipinski definition) is 0. The van der Waals surface area contributed by atoms with Crippen molar-refractivity contribution in [2.24, 2.45) is 11.3 Å². The van der Waals surface area contributed by atoms with Crippen LogP contribution >= 0.6 is 11.6 Å². The lowest BCUT2D eigenvalue weighted by Gasteiger charge is -2.59. The van der Waals surface area contributed by atoms with E-state index >= 15 is 0 Å². The summed E-state index contributed by atoms with van der Waals surface area (Å²) >= 11 is 6.32. The Morgan fingerprint density at radius 1 is 1.08 bits per heavy atom. The number of anilines is 1. The Balaban J connectivity index is 1.12. The third kappa shape index (κ3) is 4.02. The van der Waals surface area contributed by atoms with Crippen molar-refractivity contribution in [3.8, 4) is 5.69 Å². The zero-order chi connectivity index (χ0) is 25.5. The van der Waals surface area contributed by atoms with Gasteiger partial charge in [-0.25, -0.2) is 18.2 Å². The van der Waals surface area contributed by atoms with Gasteiger partial charge in [-0.2, -0.15) is 0 Å². The highest BCUT2D eigenvalue weighted by Crippen LogP contribution is 2.56. The molecule has 0 radical (unpaired) electrons. The van der Waals surface area contributed by atoms with Gasteiger partial charge in [-0.05, 0) is 68.5 Å². The smallest absolute Gasteiger partial charge is 0.263 e. The Kier molecular flexibility index (Phi) is 5.18. The highest BCUT2D eigenvalue weighted by molar-refractivity contribution is 6.30. The van der Waals surface area contributed by atoms with Gasteiger partial charge in [0.2, 0.25) is 0 Å². The summed E-state index contributed by atoms with van der Waals surface area (Å²) in [5.74, 6) is -0.839. The summed E-state index contributed by atoms with van der Waals surface area (Å²) in [6.45, 7) is 3.89. The van der Waals surface area contributed by atoms with E-state index in [1.165, 1.54) is 6.07 Å². The van der Waals surface area contributed by atoms with Gasteiger partial charge >= 0.3 is 0 Å². The van der Waals surface area contributed by atoms with E-state index in [0.29, 0.717) is 42.5 Å². The van der Waals surface area contributed by atoms with Crippen LogP contribution in [0.3, 0.4) is 0 Å². The largest absolute Gasteiger partial charge is 0.355 e. The van der Waals surface area contributed by atoms with Crippen molar-refractivity contribution >= 4 is 17.4 Å². The summed E-state index contributed by atoms with van der Waals surface area (Å²) in [6, 6.07) is 8.89. The first-order valence-electron chi connectivity index (χ1n) is 12.9. The van der Waals surface area contributed by atoms with Gasteiger partial charge in [-0.15, -0.1) is 10.2 Å². The van der Waals surface area contributed by atoms with Crippen molar-refractivity contribution in [1.29, 1.82) is 0 Å². The van der Waals surface area contributed by atoms with Gasteiger partial charge in [-0.3, -0.25) is 9.47 Å². The van der Waals surface area contributed by atoms with Crippen molar-refractivity contribution < 1.29 is 13.2 Å². The Bertz CT molecular complexity index is 1370. The number of fused-ring (bicyclic) bond motifs is 3. The SMILES string of the molecule is Cc1nc(N2CC3(CC(c4nnc5n4-c4ccc(Cl)cc4CN(CC(F)(F)C4CC4)C5)C3)C2)ccc1F. The maximum Gasteiger partial charge on any atom is 0.263 e. The quantitative estimate of drug-likeness (QED) is 0.437. The molecule has 4 heterocycles. The second-order valence-electron chi connectivity index (χ2n) is 11.5. The predicted octanol–water partition coefficient (Wildman–Crippen LogP) is 5.51. The molecular weight excluding hydrogens is 501 g/mol. The highest BCUT2D eigenvalue weighted by atomic mass is 35.5. The molecule has 0 unspecified atom stereocenters. The molecule has 2 aliphatic carbocycles. The number of alkyl halides is 2. The Morgan fingerprint density at radius 3 is 2.59 bits per heavy atom. The molecule has 4 aliphatic rings. The maximum absolute atomic E-state index is 14.7. The zero-order valence-electron chi connectivity index (χ0n) is 20.6. The number of rotatable bonds is 5. The van der Waals surface area contributed by atoms with Gasteiger partial charge in [0.1, 0.15) is 17.5 Å². The highest BCUT2D eigenvalue weighted by Gasteiger charge is 2.54. The summed E-state index contributed by atoms with van der Waals surface area (Å²) < 4.78 is 45.2. The number of benzene rings is 1. The van der Waals surface area contributed by atoms with E-state index in [0.717, 1.165) is 48.8 Å². The fourth-order valence-electron chi connectivity index (χ4n) is 6.46. The van der Waals surface area contributed by atoms with Gasteiger partial charge in [-0.1, -0.05) is 11.6 Å². The Hall–Kier alpha value is -2.65. The van der Waals surface area contributed by atoms with Gasteiger partial charge in [0, 0.05) is 41.9 Å². The van der Waals surface area contributed by atoms with Crippen LogP contribution in [0.25, 0.3) is 5.69 Å². The average molecular weight is 529 g/mol. The van der Waals surface area contributed by atoms with E-state index in [1.54, 1.807) is 17.9 Å². The molecule has 0 bridgehead atoms. The minimum absolute atomic E-state index is 0.201. The van der Waals surface area contributed by atoms with Crippen LogP contribution in [0.5, 0.6) is 0 Å². The van der Waals surface area contributed by atoms with Crippen LogP contribution in [0.2, 0.25) is 5.02 Å². The maximum atomic E-state index is 14.7. The van der Waals surface area contributed by atoms with Crippen LogP contribution in [-0.2, 0) is 13.1 Å². The lowest BCUT2D eigenvalue weighted by molar-refractivity contribution is -0.0558. The summed E-state index contributed by atoms with van der Waals surface area (Å²) in [4.78, 5) is 8.37. The molecule has 0 atom stereocenters. The summed E-state index contributed by atoms with van der Waals surface area (Å²) in [5, 5.41) is 9.66. The van der Waals surface area contributed by atoms with Crippen molar-refractivity contribution in [3.05, 3.63) is 64.1 Å². The van der Waals surface area contributed by atoms with Crippen LogP contribution in [0, 0.1) is 24.1 Å². The fraction of sp³-hybridized carbons (Fsp3) is 0.519. The number of halogens is 4. The molecule has 6 nitrogen and oxygen atoms in total. The first-order chi connectivity index (χ1) is 17.7. The Morgan fingerprint density at radius 2 is 1.86 bits per heavy atom. The van der Waals surface area contributed by atoms with Crippen LogP contribution in [0.4, 0.5) is 19.0 Å². The summed E-state index contributed by atoms with van der Waals surface area (Å²) in [5.41, 5.74) is 2.46. The third-order valence-electron chi connectivity index (χ3n) is 8.51. The molecule has 194 valence electrons. The lowest BCUT2D eigenvalue weighted by Crippen LogP contribution is -2.62. The fourth-order valence-corrected chi connectivity index (χ4v) is 6.65. The normalized spacial score (nSPS) is 21.3. The van der Waals surface area contributed by atoms with Gasteiger partial charge < -0.3 is 4.90 Å².